The molecule has 1 saturated carbocycles. The van der Waals surface area contributed by atoms with Gasteiger partial charge in [-0.25, -0.2) is 0 Å². The molecule has 0 spiro atoms. The number of nitrogens with zero attached hydrogens (tertiary/aromatic N) is 1. The van der Waals surface area contributed by atoms with E-state index in [0.29, 0.717) is 0 Å². The molecule has 1 fully saturated rings. The van der Waals surface area contributed by atoms with Gasteiger partial charge in [-0.1, -0.05) is 13.8 Å². The Labute approximate surface area is 82.7 Å². The molecule has 2 heteroatoms. The van der Waals surface area contributed by atoms with Crippen LogP contribution in [0.25, 0.3) is 0 Å². The van der Waals surface area contributed by atoms with E-state index in [4.69, 9.17) is 0 Å². The number of likely N-dealkylation sites (N-methyl/N-ethyl adjacent to an activating group) is 1. The predicted octanol–water partition coefficient (Wildman–Crippen LogP) is 1.72. The second-order valence-corrected chi connectivity index (χ2v) is 4.25. The van der Waals surface area contributed by atoms with Gasteiger partial charge in [0.25, 0.3) is 0 Å². The van der Waals surface area contributed by atoms with Gasteiger partial charge in [-0.3, -0.25) is 0 Å². The van der Waals surface area contributed by atoms with Gasteiger partial charge in [0, 0.05) is 12.6 Å². The number of nitrogens with one attached hydrogen (secondary N) is 1. The van der Waals surface area contributed by atoms with E-state index in [0.717, 1.165) is 18.5 Å². The second kappa shape index (κ2) is 5.61. The zero-order valence-corrected chi connectivity index (χ0v) is 9.34. The summed E-state index contributed by atoms with van der Waals surface area (Å²) < 4.78 is 0. The van der Waals surface area contributed by atoms with Crippen LogP contribution in [0.1, 0.15) is 33.1 Å². The van der Waals surface area contributed by atoms with Crippen molar-refractivity contribution in [3.05, 3.63) is 0 Å². The van der Waals surface area contributed by atoms with E-state index in [1.807, 2.05) is 0 Å². The SMILES string of the molecule is CCCNC(CN(C)CC)C1CC1. The molecule has 1 atom stereocenters. The van der Waals surface area contributed by atoms with Crippen molar-refractivity contribution in [1.29, 1.82) is 0 Å². The number of hydrogen-bond acceptors (Lipinski definition) is 2. The zero-order valence-electron chi connectivity index (χ0n) is 9.34. The zero-order chi connectivity index (χ0) is 9.68. The van der Waals surface area contributed by atoms with Crippen molar-refractivity contribution < 1.29 is 0 Å². The molecule has 78 valence electrons. The van der Waals surface area contributed by atoms with Crippen LogP contribution in [0.3, 0.4) is 0 Å². The van der Waals surface area contributed by atoms with Gasteiger partial charge < -0.3 is 10.2 Å². The lowest BCUT2D eigenvalue weighted by atomic mass is 10.1. The third kappa shape index (κ3) is 4.10. The molecule has 0 radical (unpaired) electrons. The molecule has 13 heavy (non-hydrogen) atoms. The van der Waals surface area contributed by atoms with Gasteiger partial charge in [-0.05, 0) is 45.3 Å². The van der Waals surface area contributed by atoms with Crippen molar-refractivity contribution in [1.82, 2.24) is 10.2 Å². The molecule has 0 aromatic heterocycles. The Bertz CT molecular complexity index is 132. The average molecular weight is 184 g/mol. The third-order valence-electron chi connectivity index (χ3n) is 2.90. The fourth-order valence-electron chi connectivity index (χ4n) is 1.67. The fourth-order valence-corrected chi connectivity index (χ4v) is 1.67. The summed E-state index contributed by atoms with van der Waals surface area (Å²) in [5.41, 5.74) is 0. The van der Waals surface area contributed by atoms with Gasteiger partial charge in [0.05, 0.1) is 0 Å². The Kier molecular flexibility index (Phi) is 4.74. The van der Waals surface area contributed by atoms with E-state index in [-0.39, 0.29) is 0 Å². The van der Waals surface area contributed by atoms with E-state index in [2.05, 4.69) is 31.1 Å². The Morgan fingerprint density at radius 2 is 2.08 bits per heavy atom. The summed E-state index contributed by atoms with van der Waals surface area (Å²) in [6.07, 6.45) is 4.14. The van der Waals surface area contributed by atoms with Gasteiger partial charge in [-0.15, -0.1) is 0 Å². The fraction of sp³-hybridized carbons (Fsp3) is 1.00. The van der Waals surface area contributed by atoms with Gasteiger partial charge in [0.2, 0.25) is 0 Å². The largest absolute Gasteiger partial charge is 0.312 e. The van der Waals surface area contributed by atoms with E-state index in [1.165, 1.54) is 32.4 Å². The molecule has 1 aliphatic carbocycles. The smallest absolute Gasteiger partial charge is 0.0223 e. The summed E-state index contributed by atoms with van der Waals surface area (Å²) >= 11 is 0. The molecule has 0 amide bonds. The molecule has 1 unspecified atom stereocenters. The first-order chi connectivity index (χ1) is 6.27. The molecule has 0 heterocycles. The van der Waals surface area contributed by atoms with Crippen molar-refractivity contribution in [3.8, 4) is 0 Å². The lowest BCUT2D eigenvalue weighted by Gasteiger charge is -2.23. The Morgan fingerprint density at radius 3 is 2.54 bits per heavy atom. The molecule has 1 rings (SSSR count). The average Bonchev–Trinajstić information content (AvgIpc) is 2.94. The normalized spacial score (nSPS) is 19.4. The van der Waals surface area contributed by atoms with Gasteiger partial charge in [0.1, 0.15) is 0 Å². The Balaban J connectivity index is 2.20. The van der Waals surface area contributed by atoms with E-state index >= 15 is 0 Å². The highest BCUT2D eigenvalue weighted by molar-refractivity contribution is 4.87. The lowest BCUT2D eigenvalue weighted by molar-refractivity contribution is 0.285. The van der Waals surface area contributed by atoms with Crippen molar-refractivity contribution >= 4 is 0 Å². The van der Waals surface area contributed by atoms with Gasteiger partial charge in [-0.2, -0.15) is 0 Å². The van der Waals surface area contributed by atoms with Crippen molar-refractivity contribution in [2.45, 2.75) is 39.2 Å². The van der Waals surface area contributed by atoms with Crippen LogP contribution in [0.15, 0.2) is 0 Å². The van der Waals surface area contributed by atoms with E-state index in [9.17, 15) is 0 Å². The molecule has 0 aromatic carbocycles. The highest BCUT2D eigenvalue weighted by atomic mass is 15.1. The quantitative estimate of drug-likeness (QED) is 0.648. The predicted molar refractivity (Wildman–Crippen MR) is 58.0 cm³/mol. The third-order valence-corrected chi connectivity index (χ3v) is 2.90. The highest BCUT2D eigenvalue weighted by Gasteiger charge is 2.30. The molecule has 0 saturated heterocycles. The van der Waals surface area contributed by atoms with Crippen LogP contribution in [0.5, 0.6) is 0 Å². The number of hydrogen-bond donors (Lipinski definition) is 1. The minimum Gasteiger partial charge on any atom is -0.312 e. The first-order valence-corrected chi connectivity index (χ1v) is 5.69. The van der Waals surface area contributed by atoms with Crippen LogP contribution in [0.4, 0.5) is 0 Å². The topological polar surface area (TPSA) is 15.3 Å². The Hall–Kier alpha value is -0.0800. The minimum absolute atomic E-state index is 0.755. The first-order valence-electron chi connectivity index (χ1n) is 5.69. The molecule has 2 nitrogen and oxygen atoms in total. The maximum Gasteiger partial charge on any atom is 0.0223 e. The lowest BCUT2D eigenvalue weighted by Crippen LogP contribution is -2.41. The van der Waals surface area contributed by atoms with E-state index < -0.39 is 0 Å². The van der Waals surface area contributed by atoms with Crippen LogP contribution >= 0.6 is 0 Å². The molecule has 1 N–H and O–H groups in total. The molecule has 0 bridgehead atoms. The standard InChI is InChI=1S/C11H24N2/c1-4-8-12-11(10-6-7-10)9-13(3)5-2/h10-12H,4-9H2,1-3H3. The summed E-state index contributed by atoms with van der Waals surface area (Å²) in [4.78, 5) is 2.41. The second-order valence-electron chi connectivity index (χ2n) is 4.25. The van der Waals surface area contributed by atoms with Crippen LogP contribution in [-0.2, 0) is 0 Å². The van der Waals surface area contributed by atoms with Gasteiger partial charge >= 0.3 is 0 Å². The monoisotopic (exact) mass is 184 g/mol. The summed E-state index contributed by atoms with van der Waals surface area (Å²) in [5, 5.41) is 3.65. The van der Waals surface area contributed by atoms with Crippen LogP contribution in [-0.4, -0.2) is 37.6 Å². The van der Waals surface area contributed by atoms with Crippen molar-refractivity contribution in [2.24, 2.45) is 5.92 Å². The molecule has 0 aliphatic heterocycles. The van der Waals surface area contributed by atoms with Crippen LogP contribution in [0, 0.1) is 5.92 Å². The highest BCUT2D eigenvalue weighted by Crippen LogP contribution is 2.32. The minimum atomic E-state index is 0.755. The van der Waals surface area contributed by atoms with Crippen LogP contribution < -0.4 is 5.32 Å². The summed E-state index contributed by atoms with van der Waals surface area (Å²) in [5.74, 6) is 0.973. The van der Waals surface area contributed by atoms with Gasteiger partial charge in [0.15, 0.2) is 0 Å². The van der Waals surface area contributed by atoms with Crippen molar-refractivity contribution in [3.63, 3.8) is 0 Å². The molecular weight excluding hydrogens is 160 g/mol. The van der Waals surface area contributed by atoms with Crippen LogP contribution in [0.2, 0.25) is 0 Å². The number of rotatable bonds is 7. The summed E-state index contributed by atoms with van der Waals surface area (Å²) in [6.45, 7) is 8.03. The molecule has 0 aromatic rings. The van der Waals surface area contributed by atoms with E-state index in [1.54, 1.807) is 0 Å². The summed E-state index contributed by atoms with van der Waals surface area (Å²) in [7, 11) is 2.21. The molecular formula is C11H24N2. The maximum absolute atomic E-state index is 3.65. The summed E-state index contributed by atoms with van der Waals surface area (Å²) in [6, 6.07) is 0.755. The maximum atomic E-state index is 3.65. The Morgan fingerprint density at radius 1 is 1.38 bits per heavy atom. The molecule has 1 aliphatic rings. The van der Waals surface area contributed by atoms with Crippen molar-refractivity contribution in [2.75, 3.05) is 26.7 Å². The first kappa shape index (κ1) is 11.0.